The second-order valence-electron chi connectivity index (χ2n) is 7.09. The summed E-state index contributed by atoms with van der Waals surface area (Å²) in [5.41, 5.74) is 1.80. The van der Waals surface area contributed by atoms with E-state index in [-0.39, 0.29) is 5.75 Å². The van der Waals surface area contributed by atoms with Crippen LogP contribution in [0.1, 0.15) is 23.6 Å². The first-order chi connectivity index (χ1) is 16.4. The predicted octanol–water partition coefficient (Wildman–Crippen LogP) is 3.70. The van der Waals surface area contributed by atoms with Crippen molar-refractivity contribution in [2.45, 2.75) is 12.5 Å². The fourth-order valence-electron chi connectivity index (χ4n) is 3.23. The third kappa shape index (κ3) is 5.81. The highest BCUT2D eigenvalue weighted by molar-refractivity contribution is 9.10. The van der Waals surface area contributed by atoms with Gasteiger partial charge in [-0.25, -0.2) is 10.2 Å². The first-order valence-corrected chi connectivity index (χ1v) is 11.1. The van der Waals surface area contributed by atoms with Crippen LogP contribution in [0, 0.1) is 0 Å². The maximum Gasteiger partial charge on any atom is 0.341 e. The van der Waals surface area contributed by atoms with E-state index in [0.29, 0.717) is 33.5 Å². The number of carboxylic acids is 1. The Bertz CT molecular complexity index is 1130. The van der Waals surface area contributed by atoms with Crippen LogP contribution in [0.3, 0.4) is 0 Å². The van der Waals surface area contributed by atoms with E-state index in [1.165, 1.54) is 6.21 Å². The van der Waals surface area contributed by atoms with Gasteiger partial charge in [0.1, 0.15) is 0 Å². The lowest BCUT2D eigenvalue weighted by atomic mass is 9.85. The summed E-state index contributed by atoms with van der Waals surface area (Å²) >= 11 is 3.34. The Kier molecular flexibility index (Phi) is 8.39. The zero-order valence-electron chi connectivity index (χ0n) is 18.3. The SMILES string of the molecule is CCOc1cc(/C=N\NC(=O)C(O)(c2ccccc2)c2ccccc2)cc(Br)c1OCC(=O)O. The van der Waals surface area contributed by atoms with E-state index in [4.69, 9.17) is 14.6 Å². The van der Waals surface area contributed by atoms with Gasteiger partial charge >= 0.3 is 5.97 Å². The number of ether oxygens (including phenoxy) is 2. The number of amides is 1. The zero-order chi connectivity index (χ0) is 24.6. The molecule has 0 fully saturated rings. The number of halogens is 1. The number of rotatable bonds is 10. The van der Waals surface area contributed by atoms with Gasteiger partial charge in [-0.1, -0.05) is 60.7 Å². The van der Waals surface area contributed by atoms with Gasteiger partial charge in [0.2, 0.25) is 0 Å². The van der Waals surface area contributed by atoms with E-state index < -0.39 is 24.1 Å². The lowest BCUT2D eigenvalue weighted by molar-refractivity contribution is -0.139. The number of aliphatic hydroxyl groups is 1. The van der Waals surface area contributed by atoms with E-state index in [1.807, 2.05) is 0 Å². The molecule has 0 aliphatic carbocycles. The Balaban J connectivity index is 1.85. The number of hydrogen-bond donors (Lipinski definition) is 3. The van der Waals surface area contributed by atoms with Gasteiger partial charge in [0.15, 0.2) is 23.7 Å². The highest BCUT2D eigenvalue weighted by atomic mass is 79.9. The molecule has 0 bridgehead atoms. The van der Waals surface area contributed by atoms with Gasteiger partial charge in [0, 0.05) is 0 Å². The second kappa shape index (κ2) is 11.4. The van der Waals surface area contributed by atoms with Crippen molar-refractivity contribution in [2.75, 3.05) is 13.2 Å². The first kappa shape index (κ1) is 24.9. The Morgan fingerprint density at radius 2 is 1.62 bits per heavy atom. The van der Waals surface area contributed by atoms with Gasteiger partial charge in [0.25, 0.3) is 5.91 Å². The zero-order valence-corrected chi connectivity index (χ0v) is 19.9. The average molecular weight is 527 g/mol. The minimum Gasteiger partial charge on any atom is -0.490 e. The first-order valence-electron chi connectivity index (χ1n) is 10.3. The summed E-state index contributed by atoms with van der Waals surface area (Å²) < 4.78 is 11.3. The van der Waals surface area contributed by atoms with Gasteiger partial charge in [-0.3, -0.25) is 4.79 Å². The molecule has 3 aromatic carbocycles. The number of carboxylic acid groups (broad SMARTS) is 1. The molecule has 3 rings (SSSR count). The molecule has 1 amide bonds. The van der Waals surface area contributed by atoms with Crippen molar-refractivity contribution in [1.82, 2.24) is 5.43 Å². The molecule has 0 saturated carbocycles. The van der Waals surface area contributed by atoms with Crippen LogP contribution in [0.25, 0.3) is 0 Å². The summed E-state index contributed by atoms with van der Waals surface area (Å²) in [4.78, 5) is 24.0. The Morgan fingerprint density at radius 3 is 2.15 bits per heavy atom. The Morgan fingerprint density at radius 1 is 1.03 bits per heavy atom. The predicted molar refractivity (Wildman–Crippen MR) is 130 cm³/mol. The van der Waals surface area contributed by atoms with E-state index in [1.54, 1.807) is 79.7 Å². The summed E-state index contributed by atoms with van der Waals surface area (Å²) in [5.74, 6) is -1.29. The molecule has 0 aromatic heterocycles. The van der Waals surface area contributed by atoms with Crippen LogP contribution in [0.15, 0.2) is 82.4 Å². The van der Waals surface area contributed by atoms with Crippen LogP contribution < -0.4 is 14.9 Å². The number of aliphatic carboxylic acids is 1. The summed E-state index contributed by atoms with van der Waals surface area (Å²) in [5, 5.41) is 24.3. The molecule has 8 nitrogen and oxygen atoms in total. The quantitative estimate of drug-likeness (QED) is 0.274. The van der Waals surface area contributed by atoms with Gasteiger partial charge in [-0.2, -0.15) is 5.10 Å². The monoisotopic (exact) mass is 526 g/mol. The minimum atomic E-state index is -1.95. The summed E-state index contributed by atoms with van der Waals surface area (Å²) in [7, 11) is 0. The highest BCUT2D eigenvalue weighted by Gasteiger charge is 2.39. The van der Waals surface area contributed by atoms with Gasteiger partial charge < -0.3 is 19.7 Å². The van der Waals surface area contributed by atoms with Crippen molar-refractivity contribution >= 4 is 34.0 Å². The lowest BCUT2D eigenvalue weighted by Gasteiger charge is -2.27. The number of carbonyl (C=O) groups excluding carboxylic acids is 1. The number of benzene rings is 3. The summed E-state index contributed by atoms with van der Waals surface area (Å²) in [6.07, 6.45) is 1.38. The largest absolute Gasteiger partial charge is 0.490 e. The number of nitrogens with zero attached hydrogens (tertiary/aromatic N) is 1. The van der Waals surface area contributed by atoms with Crippen LogP contribution in [0.4, 0.5) is 0 Å². The molecule has 176 valence electrons. The lowest BCUT2D eigenvalue weighted by Crippen LogP contribution is -2.43. The molecular formula is C25H23BrN2O6. The third-order valence-corrected chi connectivity index (χ3v) is 5.35. The molecule has 9 heteroatoms. The van der Waals surface area contributed by atoms with Crippen LogP contribution in [0.5, 0.6) is 11.5 Å². The molecule has 0 heterocycles. The molecule has 0 atom stereocenters. The molecule has 0 spiro atoms. The fraction of sp³-hybridized carbons (Fsp3) is 0.160. The van der Waals surface area contributed by atoms with E-state index in [2.05, 4.69) is 26.5 Å². The molecule has 0 saturated heterocycles. The third-order valence-electron chi connectivity index (χ3n) is 4.76. The highest BCUT2D eigenvalue weighted by Crippen LogP contribution is 2.36. The van der Waals surface area contributed by atoms with Crippen LogP contribution in [0.2, 0.25) is 0 Å². The molecule has 0 radical (unpaired) electrons. The Labute approximate surface area is 205 Å². The average Bonchev–Trinajstić information content (AvgIpc) is 2.84. The topological polar surface area (TPSA) is 117 Å². The Hall–Kier alpha value is -3.69. The van der Waals surface area contributed by atoms with Crippen molar-refractivity contribution in [3.63, 3.8) is 0 Å². The fourth-order valence-corrected chi connectivity index (χ4v) is 3.81. The van der Waals surface area contributed by atoms with E-state index >= 15 is 0 Å². The van der Waals surface area contributed by atoms with Crippen LogP contribution >= 0.6 is 15.9 Å². The summed E-state index contributed by atoms with van der Waals surface area (Å²) in [6.45, 7) is 1.58. The molecule has 0 aliphatic rings. The molecule has 3 aromatic rings. The number of hydrogen-bond acceptors (Lipinski definition) is 6. The standard InChI is InChI=1S/C25H23BrN2O6/c1-2-33-21-14-17(13-20(26)23(21)34-16-22(29)30)15-27-28-24(31)25(32,18-9-5-3-6-10-18)19-11-7-4-8-12-19/h3-15,32H,2,16H2,1H3,(H,28,31)(H,29,30)/b27-15-. The minimum absolute atomic E-state index is 0.243. The van der Waals surface area contributed by atoms with Crippen molar-refractivity contribution in [2.24, 2.45) is 5.10 Å². The molecule has 0 unspecified atom stereocenters. The van der Waals surface area contributed by atoms with Crippen molar-refractivity contribution in [3.05, 3.63) is 94.0 Å². The number of hydrazone groups is 1. The maximum absolute atomic E-state index is 13.1. The molecule has 34 heavy (non-hydrogen) atoms. The van der Waals surface area contributed by atoms with E-state index in [9.17, 15) is 14.7 Å². The second-order valence-corrected chi connectivity index (χ2v) is 7.94. The smallest absolute Gasteiger partial charge is 0.341 e. The van der Waals surface area contributed by atoms with Gasteiger partial charge in [-0.15, -0.1) is 0 Å². The van der Waals surface area contributed by atoms with Gasteiger partial charge in [0.05, 0.1) is 17.3 Å². The van der Waals surface area contributed by atoms with Crippen molar-refractivity contribution < 1.29 is 29.3 Å². The molecular weight excluding hydrogens is 504 g/mol. The number of nitrogens with one attached hydrogen (secondary N) is 1. The van der Waals surface area contributed by atoms with E-state index in [0.717, 1.165) is 0 Å². The van der Waals surface area contributed by atoms with Crippen molar-refractivity contribution in [1.29, 1.82) is 0 Å². The van der Waals surface area contributed by atoms with Crippen LogP contribution in [-0.4, -0.2) is 41.5 Å². The normalized spacial score (nSPS) is 11.3. The molecule has 0 aliphatic heterocycles. The molecule has 3 N–H and O–H groups in total. The van der Waals surface area contributed by atoms with Crippen molar-refractivity contribution in [3.8, 4) is 11.5 Å². The van der Waals surface area contributed by atoms with Gasteiger partial charge in [-0.05, 0) is 51.7 Å². The number of carbonyl (C=O) groups is 2. The summed E-state index contributed by atoms with van der Waals surface area (Å²) in [6, 6.07) is 20.4. The maximum atomic E-state index is 13.1. The van der Waals surface area contributed by atoms with Crippen LogP contribution in [-0.2, 0) is 15.2 Å².